The van der Waals surface area contributed by atoms with Crippen LogP contribution in [0.25, 0.3) is 44.6 Å². The van der Waals surface area contributed by atoms with E-state index in [0.29, 0.717) is 35.0 Å². The zero-order valence-corrected chi connectivity index (χ0v) is 26.9. The molecule has 7 rings (SSSR count). The molecule has 2 aromatic heterocycles. The Kier molecular flexibility index (Phi) is 7.51. The first-order valence-corrected chi connectivity index (χ1v) is 17.3. The Hall–Kier alpha value is -4.42. The molecule has 3 N–H and O–H groups in total. The van der Waals surface area contributed by atoms with Crippen molar-refractivity contribution in [2.75, 3.05) is 31.2 Å². The molecule has 1 aliphatic carbocycles. The van der Waals surface area contributed by atoms with Crippen LogP contribution in [0.4, 0.5) is 10.1 Å². The van der Waals surface area contributed by atoms with Crippen LogP contribution in [-0.4, -0.2) is 72.0 Å². The fourth-order valence-electron chi connectivity index (χ4n) is 6.56. The number of benzene rings is 3. The van der Waals surface area contributed by atoms with E-state index >= 15 is 0 Å². The van der Waals surface area contributed by atoms with Crippen LogP contribution in [0.2, 0.25) is 0 Å². The molecule has 12 heteroatoms. The number of nitrogens with two attached hydrogens (primary N) is 1. The number of ether oxygens (including phenoxy) is 1. The van der Waals surface area contributed by atoms with Crippen molar-refractivity contribution in [2.24, 2.45) is 18.7 Å². The van der Waals surface area contributed by atoms with E-state index in [1.54, 1.807) is 31.4 Å². The molecule has 1 amide bonds. The number of aryl methyl sites for hydroxylation is 1. The molecule has 2 fully saturated rings. The van der Waals surface area contributed by atoms with Gasteiger partial charge in [-0.2, -0.15) is 0 Å². The van der Waals surface area contributed by atoms with Gasteiger partial charge in [0.2, 0.25) is 10.0 Å². The molecule has 5 aromatic rings. The number of carbonyl (C=O) groups excluding carboxylic acids is 1. The lowest BCUT2D eigenvalue weighted by molar-refractivity contribution is 0.0606. The molecule has 2 aliphatic rings. The molecule has 1 aliphatic heterocycles. The smallest absolute Gasteiger partial charge is 0.254 e. The summed E-state index contributed by atoms with van der Waals surface area (Å²) in [5.74, 6) is 1.56. The Labute approximate surface area is 267 Å². The number of anilines is 1. The molecule has 46 heavy (non-hydrogen) atoms. The monoisotopic (exact) mass is 644 g/mol. The highest BCUT2D eigenvalue weighted by atomic mass is 32.2. The molecule has 0 spiro atoms. The molecule has 1 saturated carbocycles. The Bertz CT molecular complexity index is 2070. The summed E-state index contributed by atoms with van der Waals surface area (Å²) in [4.78, 5) is 20.0. The summed E-state index contributed by atoms with van der Waals surface area (Å²) in [6.07, 6.45) is 2.59. The Morgan fingerprint density at radius 1 is 1.07 bits per heavy atom. The Morgan fingerprint density at radius 3 is 2.48 bits per heavy atom. The van der Waals surface area contributed by atoms with Crippen molar-refractivity contribution in [3.63, 3.8) is 0 Å². The first kappa shape index (κ1) is 30.2. The fourth-order valence-corrected chi connectivity index (χ4v) is 7.13. The third kappa shape index (κ3) is 5.82. The van der Waals surface area contributed by atoms with Crippen LogP contribution in [-0.2, 0) is 23.6 Å². The first-order chi connectivity index (χ1) is 22.0. The zero-order valence-electron chi connectivity index (χ0n) is 26.0. The van der Waals surface area contributed by atoms with E-state index in [1.807, 2.05) is 23.7 Å². The van der Waals surface area contributed by atoms with Gasteiger partial charge in [-0.15, -0.1) is 0 Å². The second-order valence-corrected chi connectivity index (χ2v) is 14.4. The van der Waals surface area contributed by atoms with E-state index in [9.17, 15) is 17.6 Å². The number of amides is 1. The summed E-state index contributed by atoms with van der Waals surface area (Å²) >= 11 is 0. The van der Waals surface area contributed by atoms with Crippen molar-refractivity contribution in [1.82, 2.24) is 19.0 Å². The van der Waals surface area contributed by atoms with Gasteiger partial charge in [-0.25, -0.2) is 17.8 Å². The molecule has 10 nitrogen and oxygen atoms in total. The minimum atomic E-state index is -3.36. The third-order valence-electron chi connectivity index (χ3n) is 8.91. The number of piperidine rings is 1. The number of hydrogen-bond donors (Lipinski definition) is 2. The predicted octanol–water partition coefficient (Wildman–Crippen LogP) is 5.16. The summed E-state index contributed by atoms with van der Waals surface area (Å²) in [5, 5.41) is 1.08. The second kappa shape index (κ2) is 11.4. The quantitative estimate of drug-likeness (QED) is 0.241. The molecule has 0 bridgehead atoms. The Balaban J connectivity index is 1.30. The van der Waals surface area contributed by atoms with Crippen LogP contribution >= 0.6 is 0 Å². The molecule has 240 valence electrons. The van der Waals surface area contributed by atoms with Crippen LogP contribution in [0.5, 0.6) is 5.75 Å². The van der Waals surface area contributed by atoms with Crippen molar-refractivity contribution in [2.45, 2.75) is 38.0 Å². The summed E-state index contributed by atoms with van der Waals surface area (Å²) in [6, 6.07) is 18.9. The molecule has 2 atom stereocenters. The van der Waals surface area contributed by atoms with E-state index in [0.717, 1.165) is 51.9 Å². The SMILES string of the molecule is COc1cc(C(=O)N2C[C@H](N)C[C@@H](F)C2)cc2nc(-c3cc4ccc(-c5ccc(NS(C)(=O)=O)cc5)cc4n3CC3CC3)n(C)c12. The molecular formula is C34H37FN6O4S. The van der Waals surface area contributed by atoms with E-state index in [-0.39, 0.29) is 18.9 Å². The van der Waals surface area contributed by atoms with Crippen molar-refractivity contribution in [3.05, 3.63) is 66.2 Å². The van der Waals surface area contributed by atoms with Gasteiger partial charge in [0.25, 0.3) is 5.91 Å². The van der Waals surface area contributed by atoms with Gasteiger partial charge in [0.05, 0.1) is 31.1 Å². The van der Waals surface area contributed by atoms with E-state index in [2.05, 4.69) is 33.6 Å². The van der Waals surface area contributed by atoms with E-state index < -0.39 is 22.2 Å². The maximum atomic E-state index is 14.3. The highest BCUT2D eigenvalue weighted by Crippen LogP contribution is 2.39. The number of hydrogen-bond acceptors (Lipinski definition) is 6. The van der Waals surface area contributed by atoms with Crippen molar-refractivity contribution >= 4 is 43.6 Å². The second-order valence-electron chi connectivity index (χ2n) is 12.7. The van der Waals surface area contributed by atoms with Crippen LogP contribution in [0.1, 0.15) is 29.6 Å². The maximum absolute atomic E-state index is 14.3. The number of nitrogens with zero attached hydrogens (tertiary/aromatic N) is 4. The van der Waals surface area contributed by atoms with Gasteiger partial charge in [-0.05, 0) is 72.7 Å². The lowest BCUT2D eigenvalue weighted by Crippen LogP contribution is -2.50. The number of aromatic nitrogens is 3. The van der Waals surface area contributed by atoms with Crippen molar-refractivity contribution in [1.29, 1.82) is 0 Å². The number of rotatable bonds is 8. The highest BCUT2D eigenvalue weighted by Gasteiger charge is 2.30. The van der Waals surface area contributed by atoms with Crippen LogP contribution < -0.4 is 15.2 Å². The number of methoxy groups -OCH3 is 1. The number of carbonyl (C=O) groups is 1. The van der Waals surface area contributed by atoms with Gasteiger partial charge in [0.15, 0.2) is 5.82 Å². The molecule has 3 heterocycles. The minimum absolute atomic E-state index is 0.0191. The number of likely N-dealkylation sites (tertiary alicyclic amines) is 1. The highest BCUT2D eigenvalue weighted by molar-refractivity contribution is 7.92. The van der Waals surface area contributed by atoms with Crippen LogP contribution in [0.15, 0.2) is 60.7 Å². The zero-order chi connectivity index (χ0) is 32.3. The Morgan fingerprint density at radius 2 is 1.80 bits per heavy atom. The maximum Gasteiger partial charge on any atom is 0.254 e. The van der Waals surface area contributed by atoms with Gasteiger partial charge in [0.1, 0.15) is 17.4 Å². The van der Waals surface area contributed by atoms with Gasteiger partial charge in [-0.3, -0.25) is 9.52 Å². The van der Waals surface area contributed by atoms with Crippen molar-refractivity contribution in [3.8, 4) is 28.4 Å². The predicted molar refractivity (Wildman–Crippen MR) is 178 cm³/mol. The minimum Gasteiger partial charge on any atom is -0.494 e. The lowest BCUT2D eigenvalue weighted by atomic mass is 10.0. The number of sulfonamides is 1. The number of halogens is 1. The van der Waals surface area contributed by atoms with Crippen LogP contribution in [0.3, 0.4) is 0 Å². The number of fused-ring (bicyclic) bond motifs is 2. The topological polar surface area (TPSA) is 124 Å². The molecule has 3 aromatic carbocycles. The largest absolute Gasteiger partial charge is 0.494 e. The summed E-state index contributed by atoms with van der Waals surface area (Å²) < 4.78 is 50.2. The summed E-state index contributed by atoms with van der Waals surface area (Å²) in [5.41, 5.74) is 12.3. The van der Waals surface area contributed by atoms with Gasteiger partial charge < -0.3 is 24.5 Å². The van der Waals surface area contributed by atoms with E-state index in [1.165, 1.54) is 17.7 Å². The average molecular weight is 645 g/mol. The number of imidazole rings is 1. The van der Waals surface area contributed by atoms with Gasteiger partial charge >= 0.3 is 0 Å². The third-order valence-corrected chi connectivity index (χ3v) is 9.52. The number of nitrogens with one attached hydrogen (secondary N) is 1. The number of alkyl halides is 1. The summed E-state index contributed by atoms with van der Waals surface area (Å²) in [6.45, 7) is 1.17. The lowest BCUT2D eigenvalue weighted by Gasteiger charge is -2.33. The van der Waals surface area contributed by atoms with Gasteiger partial charge in [0, 0.05) is 48.3 Å². The molecule has 0 radical (unpaired) electrons. The fraction of sp³-hybridized carbons (Fsp3) is 0.353. The van der Waals surface area contributed by atoms with Gasteiger partial charge in [-0.1, -0.05) is 24.3 Å². The normalized spacial score (nSPS) is 18.8. The first-order valence-electron chi connectivity index (χ1n) is 15.4. The molecule has 1 saturated heterocycles. The van der Waals surface area contributed by atoms with Crippen molar-refractivity contribution < 1.29 is 22.3 Å². The summed E-state index contributed by atoms with van der Waals surface area (Å²) in [7, 11) is 0.158. The van der Waals surface area contributed by atoms with E-state index in [4.69, 9.17) is 15.5 Å². The molecular weight excluding hydrogens is 607 g/mol. The molecule has 0 unspecified atom stereocenters. The standard InChI is InChI=1S/C34H37FN6O4S/c1-39-32-28(12-24(15-31(32)45-2)34(42)40-18-25(35)16-26(36)19-40)37-33(39)30-14-23-7-6-22(13-29(23)41(30)17-20-4-5-20)21-8-10-27(11-9-21)38-46(3,43)44/h6-15,20,25-26,38H,4-5,16-19,36H2,1-3H3/t25-,26-/m1/s1. The van der Waals surface area contributed by atoms with Crippen LogP contribution in [0, 0.1) is 5.92 Å². The average Bonchev–Trinajstić information content (AvgIpc) is 3.68.